The Kier molecular flexibility index (Phi) is 3.57. The molecule has 3 aromatic rings. The molecule has 0 aliphatic heterocycles. The molecule has 106 valence electrons. The number of halogens is 1. The van der Waals surface area contributed by atoms with Gasteiger partial charge < -0.3 is 5.32 Å². The first-order valence-corrected chi connectivity index (χ1v) is 6.99. The number of anilines is 1. The number of hydrogen-bond acceptors (Lipinski definition) is 2. The first kappa shape index (κ1) is 13.6. The maximum absolute atomic E-state index is 13.6. The van der Waals surface area contributed by atoms with Crippen molar-refractivity contribution >= 4 is 16.6 Å². The van der Waals surface area contributed by atoms with Crippen LogP contribution in [0.3, 0.4) is 0 Å². The van der Waals surface area contributed by atoms with Crippen LogP contribution < -0.4 is 5.32 Å². The van der Waals surface area contributed by atoms with E-state index in [9.17, 15) is 4.39 Å². The predicted molar refractivity (Wildman–Crippen MR) is 84.9 cm³/mol. The smallest absolute Gasteiger partial charge is 0.128 e. The standard InChI is InChI=1S/C18H17FN2/c1-12-10-14(15-6-3-4-8-18(15)21-12)11-20-17-9-5-7-16(19)13(17)2/h3-10,20H,11H2,1-2H3. The fraction of sp³-hybridized carbons (Fsp3) is 0.167. The molecule has 0 radical (unpaired) electrons. The topological polar surface area (TPSA) is 24.9 Å². The van der Waals surface area contributed by atoms with E-state index in [4.69, 9.17) is 0 Å². The van der Waals surface area contributed by atoms with Gasteiger partial charge >= 0.3 is 0 Å². The van der Waals surface area contributed by atoms with Crippen LogP contribution in [-0.2, 0) is 6.54 Å². The van der Waals surface area contributed by atoms with Gasteiger partial charge in [0.2, 0.25) is 0 Å². The van der Waals surface area contributed by atoms with Crippen molar-refractivity contribution in [2.75, 3.05) is 5.32 Å². The van der Waals surface area contributed by atoms with Gasteiger partial charge in [0, 0.05) is 28.9 Å². The van der Waals surface area contributed by atoms with Crippen LogP contribution in [0.4, 0.5) is 10.1 Å². The Morgan fingerprint density at radius 2 is 1.86 bits per heavy atom. The lowest BCUT2D eigenvalue weighted by molar-refractivity contribution is 0.619. The summed E-state index contributed by atoms with van der Waals surface area (Å²) in [6.07, 6.45) is 0. The first-order valence-electron chi connectivity index (χ1n) is 6.99. The summed E-state index contributed by atoms with van der Waals surface area (Å²) in [4.78, 5) is 4.54. The van der Waals surface area contributed by atoms with Crippen molar-refractivity contribution in [2.24, 2.45) is 0 Å². The van der Waals surface area contributed by atoms with Crippen molar-refractivity contribution in [3.05, 3.63) is 71.2 Å². The fourth-order valence-corrected chi connectivity index (χ4v) is 2.53. The average molecular weight is 280 g/mol. The minimum absolute atomic E-state index is 0.184. The highest BCUT2D eigenvalue weighted by Gasteiger charge is 2.06. The molecule has 0 saturated carbocycles. The van der Waals surface area contributed by atoms with E-state index in [0.29, 0.717) is 12.1 Å². The molecule has 3 heteroatoms. The summed E-state index contributed by atoms with van der Waals surface area (Å²) in [7, 11) is 0. The van der Waals surface area contributed by atoms with Crippen LogP contribution in [0, 0.1) is 19.7 Å². The SMILES string of the molecule is Cc1cc(CNc2cccc(F)c2C)c2ccccc2n1. The van der Waals surface area contributed by atoms with E-state index in [1.165, 1.54) is 11.6 Å². The average Bonchev–Trinajstić information content (AvgIpc) is 2.48. The quantitative estimate of drug-likeness (QED) is 0.758. The first-order chi connectivity index (χ1) is 10.1. The number of benzene rings is 2. The van der Waals surface area contributed by atoms with Crippen molar-refractivity contribution in [3.63, 3.8) is 0 Å². The summed E-state index contributed by atoms with van der Waals surface area (Å²) >= 11 is 0. The highest BCUT2D eigenvalue weighted by Crippen LogP contribution is 2.22. The minimum Gasteiger partial charge on any atom is -0.381 e. The lowest BCUT2D eigenvalue weighted by atomic mass is 10.1. The molecule has 2 aromatic carbocycles. The monoisotopic (exact) mass is 280 g/mol. The number of aromatic nitrogens is 1. The van der Waals surface area contributed by atoms with Crippen molar-refractivity contribution in [1.82, 2.24) is 4.98 Å². The Labute approximate surface area is 123 Å². The highest BCUT2D eigenvalue weighted by atomic mass is 19.1. The summed E-state index contributed by atoms with van der Waals surface area (Å²) in [6.45, 7) is 4.42. The van der Waals surface area contributed by atoms with Gasteiger partial charge in [0.1, 0.15) is 5.82 Å². The minimum atomic E-state index is -0.184. The van der Waals surface area contributed by atoms with Crippen LogP contribution in [0.25, 0.3) is 10.9 Å². The van der Waals surface area contributed by atoms with Crippen LogP contribution in [0.15, 0.2) is 48.5 Å². The van der Waals surface area contributed by atoms with E-state index in [0.717, 1.165) is 22.3 Å². The number of rotatable bonds is 3. The summed E-state index contributed by atoms with van der Waals surface area (Å²) < 4.78 is 13.6. The molecule has 0 spiro atoms. The van der Waals surface area contributed by atoms with E-state index in [2.05, 4.69) is 22.4 Å². The summed E-state index contributed by atoms with van der Waals surface area (Å²) in [6, 6.07) is 15.3. The van der Waals surface area contributed by atoms with Gasteiger partial charge in [0.25, 0.3) is 0 Å². The number of aryl methyl sites for hydroxylation is 1. The number of pyridine rings is 1. The van der Waals surface area contributed by atoms with Crippen LogP contribution in [-0.4, -0.2) is 4.98 Å². The maximum atomic E-state index is 13.6. The van der Waals surface area contributed by atoms with E-state index in [1.807, 2.05) is 31.2 Å². The Balaban J connectivity index is 1.93. The second-order valence-electron chi connectivity index (χ2n) is 5.21. The third-order valence-corrected chi connectivity index (χ3v) is 3.67. The molecule has 0 bridgehead atoms. The van der Waals surface area contributed by atoms with Crippen molar-refractivity contribution in [1.29, 1.82) is 0 Å². The van der Waals surface area contributed by atoms with Gasteiger partial charge in [-0.15, -0.1) is 0 Å². The van der Waals surface area contributed by atoms with Gasteiger partial charge in [0.15, 0.2) is 0 Å². The molecule has 0 saturated heterocycles. The summed E-state index contributed by atoms with van der Waals surface area (Å²) in [5.74, 6) is -0.184. The molecule has 1 heterocycles. The molecule has 3 rings (SSSR count). The molecule has 21 heavy (non-hydrogen) atoms. The van der Waals surface area contributed by atoms with Gasteiger partial charge in [-0.05, 0) is 43.7 Å². The molecule has 1 aromatic heterocycles. The van der Waals surface area contributed by atoms with Gasteiger partial charge in [-0.25, -0.2) is 4.39 Å². The lowest BCUT2D eigenvalue weighted by Crippen LogP contribution is -2.03. The molecule has 0 fully saturated rings. The zero-order valence-electron chi connectivity index (χ0n) is 12.2. The lowest BCUT2D eigenvalue weighted by Gasteiger charge is -2.12. The van der Waals surface area contributed by atoms with Gasteiger partial charge in [0.05, 0.1) is 5.52 Å². The van der Waals surface area contributed by atoms with Crippen molar-refractivity contribution in [2.45, 2.75) is 20.4 Å². The van der Waals surface area contributed by atoms with Gasteiger partial charge in [-0.3, -0.25) is 4.98 Å². The van der Waals surface area contributed by atoms with Gasteiger partial charge in [-0.1, -0.05) is 24.3 Å². The normalized spacial score (nSPS) is 10.8. The van der Waals surface area contributed by atoms with E-state index < -0.39 is 0 Å². The Morgan fingerprint density at radius 1 is 1.05 bits per heavy atom. The van der Waals surface area contributed by atoms with E-state index in [-0.39, 0.29) is 5.82 Å². The summed E-state index contributed by atoms with van der Waals surface area (Å²) in [5.41, 5.74) is 4.62. The maximum Gasteiger partial charge on any atom is 0.128 e. The number of nitrogens with one attached hydrogen (secondary N) is 1. The molecular formula is C18H17FN2. The van der Waals surface area contributed by atoms with Crippen LogP contribution in [0.1, 0.15) is 16.8 Å². The molecule has 0 amide bonds. The van der Waals surface area contributed by atoms with E-state index >= 15 is 0 Å². The Hall–Kier alpha value is -2.42. The van der Waals surface area contributed by atoms with Crippen molar-refractivity contribution < 1.29 is 4.39 Å². The molecular weight excluding hydrogens is 263 g/mol. The van der Waals surface area contributed by atoms with Crippen molar-refractivity contribution in [3.8, 4) is 0 Å². The van der Waals surface area contributed by atoms with Crippen LogP contribution >= 0.6 is 0 Å². The second-order valence-corrected chi connectivity index (χ2v) is 5.21. The third kappa shape index (κ3) is 2.72. The number of fused-ring (bicyclic) bond motifs is 1. The molecule has 0 atom stereocenters. The largest absolute Gasteiger partial charge is 0.381 e. The Morgan fingerprint density at radius 3 is 2.71 bits per heavy atom. The molecule has 0 aliphatic carbocycles. The van der Waals surface area contributed by atoms with Gasteiger partial charge in [-0.2, -0.15) is 0 Å². The summed E-state index contributed by atoms with van der Waals surface area (Å²) in [5, 5.41) is 4.45. The van der Waals surface area contributed by atoms with E-state index in [1.54, 1.807) is 13.0 Å². The number of para-hydroxylation sites is 1. The fourth-order valence-electron chi connectivity index (χ4n) is 2.53. The Bertz CT molecular complexity index is 796. The molecule has 1 N–H and O–H groups in total. The van der Waals surface area contributed by atoms with Crippen LogP contribution in [0.2, 0.25) is 0 Å². The molecule has 0 aliphatic rings. The molecule has 0 unspecified atom stereocenters. The third-order valence-electron chi connectivity index (χ3n) is 3.67. The predicted octanol–water partition coefficient (Wildman–Crippen LogP) is 4.60. The second kappa shape index (κ2) is 5.52. The zero-order chi connectivity index (χ0) is 14.8. The van der Waals surface area contributed by atoms with Crippen LogP contribution in [0.5, 0.6) is 0 Å². The highest BCUT2D eigenvalue weighted by molar-refractivity contribution is 5.82. The zero-order valence-corrected chi connectivity index (χ0v) is 12.2. The number of hydrogen-bond donors (Lipinski definition) is 1. The molecule has 2 nitrogen and oxygen atoms in total. The number of nitrogens with zero attached hydrogens (tertiary/aromatic N) is 1.